The Kier molecular flexibility index (Phi) is 10.6. The number of hydrogen-bond acceptors (Lipinski definition) is 5. The van der Waals surface area contributed by atoms with Crippen LogP contribution in [-0.2, 0) is 27.4 Å². The van der Waals surface area contributed by atoms with Gasteiger partial charge in [-0.25, -0.2) is 9.18 Å². The number of carbonyl (C=O) groups is 2. The molecule has 3 aromatic rings. The van der Waals surface area contributed by atoms with Gasteiger partial charge >= 0.3 is 5.97 Å². The summed E-state index contributed by atoms with van der Waals surface area (Å²) < 4.78 is 19.7. The van der Waals surface area contributed by atoms with Crippen LogP contribution < -0.4 is 4.90 Å². The van der Waals surface area contributed by atoms with Crippen molar-refractivity contribution in [1.82, 2.24) is 9.88 Å². The minimum atomic E-state index is -1.18. The molecular weight excluding hydrogens is 581 g/mol. The normalized spacial score (nSPS) is 15.6. The highest BCUT2D eigenvalue weighted by atomic mass is 19.1. The fourth-order valence-corrected chi connectivity index (χ4v) is 6.14. The molecule has 0 saturated carbocycles. The number of piperidine rings is 1. The van der Waals surface area contributed by atoms with Gasteiger partial charge in [0.25, 0.3) is 0 Å². The lowest BCUT2D eigenvalue weighted by molar-refractivity contribution is -0.160. The average Bonchev–Trinajstić information content (AvgIpc) is 2.96. The van der Waals surface area contributed by atoms with E-state index in [1.165, 1.54) is 12.1 Å². The molecule has 1 aromatic heterocycles. The number of hydrogen-bond donors (Lipinski definition) is 1. The smallest absolute Gasteiger partial charge is 0.337 e. The number of amides is 1. The zero-order chi connectivity index (χ0) is 34.0. The van der Waals surface area contributed by atoms with Crippen molar-refractivity contribution < 1.29 is 23.8 Å². The second-order valence-corrected chi connectivity index (χ2v) is 14.7. The maximum absolute atomic E-state index is 13.5. The second kappa shape index (κ2) is 13.9. The van der Waals surface area contributed by atoms with E-state index in [1.54, 1.807) is 17.0 Å². The highest BCUT2D eigenvalue weighted by Gasteiger charge is 2.36. The van der Waals surface area contributed by atoms with Crippen molar-refractivity contribution in [3.05, 3.63) is 82.4 Å². The monoisotopic (exact) mass is 631 g/mol. The molecule has 1 N–H and O–H groups in total. The van der Waals surface area contributed by atoms with Gasteiger partial charge in [-0.2, -0.15) is 0 Å². The highest BCUT2D eigenvalue weighted by Crippen LogP contribution is 2.44. The van der Waals surface area contributed by atoms with Crippen LogP contribution in [0.1, 0.15) is 95.5 Å². The Hall–Kier alpha value is -3.78. The molecule has 1 unspecified atom stereocenters. The number of rotatable bonds is 10. The van der Waals surface area contributed by atoms with Gasteiger partial charge in [0.1, 0.15) is 5.82 Å². The molecule has 0 radical (unpaired) electrons. The van der Waals surface area contributed by atoms with E-state index in [0.29, 0.717) is 24.3 Å². The number of carboxylic acid groups (broad SMARTS) is 1. The summed E-state index contributed by atoms with van der Waals surface area (Å²) in [6, 6.07) is 14.3. The van der Waals surface area contributed by atoms with E-state index in [9.17, 15) is 19.1 Å². The van der Waals surface area contributed by atoms with E-state index < -0.39 is 17.7 Å². The van der Waals surface area contributed by atoms with Gasteiger partial charge < -0.3 is 19.6 Å². The molecule has 4 rings (SSSR count). The maximum Gasteiger partial charge on any atom is 0.337 e. The molecule has 8 heteroatoms. The lowest BCUT2D eigenvalue weighted by atomic mass is 9.81. The number of nitrogens with zero attached hydrogens (tertiary/aromatic N) is 3. The van der Waals surface area contributed by atoms with Crippen molar-refractivity contribution in [2.45, 2.75) is 99.9 Å². The zero-order valence-electron chi connectivity index (χ0n) is 28.9. The van der Waals surface area contributed by atoms with Crippen LogP contribution in [0.25, 0.3) is 11.1 Å². The maximum atomic E-state index is 13.5. The molecule has 248 valence electrons. The van der Waals surface area contributed by atoms with Gasteiger partial charge in [-0.05, 0) is 81.7 Å². The number of aromatic nitrogens is 1. The topological polar surface area (TPSA) is 83.0 Å². The fourth-order valence-electron chi connectivity index (χ4n) is 6.14. The molecule has 46 heavy (non-hydrogen) atoms. The van der Waals surface area contributed by atoms with E-state index in [4.69, 9.17) is 9.72 Å². The van der Waals surface area contributed by atoms with Crippen molar-refractivity contribution in [2.24, 2.45) is 11.3 Å². The molecule has 7 nitrogen and oxygen atoms in total. The lowest BCUT2D eigenvalue weighted by Gasteiger charge is -2.41. The predicted molar refractivity (Wildman–Crippen MR) is 181 cm³/mol. The number of carbonyl (C=O) groups excluding carboxylic acids is 1. The van der Waals surface area contributed by atoms with Gasteiger partial charge in [-0.3, -0.25) is 9.78 Å². The first-order valence-corrected chi connectivity index (χ1v) is 16.2. The number of carboxylic acids is 1. The molecule has 1 aliphatic rings. The van der Waals surface area contributed by atoms with E-state index in [0.717, 1.165) is 59.6 Å². The molecule has 0 aliphatic carbocycles. The SMILES string of the molecule is Cc1nc(C)c(C(OC(C)(C)C)C(=O)O)c(N2CCC(C)(C)CC2)c1-c1ccc(CN(Cc2ccc(F)cc2)C(=O)C(C)C)cc1. The zero-order valence-corrected chi connectivity index (χ0v) is 28.9. The Morgan fingerprint density at radius 3 is 1.96 bits per heavy atom. The van der Waals surface area contributed by atoms with E-state index >= 15 is 0 Å². The molecule has 0 bridgehead atoms. The molecule has 1 aliphatic heterocycles. The first-order valence-electron chi connectivity index (χ1n) is 16.2. The van der Waals surface area contributed by atoms with Crippen LogP contribution in [0.5, 0.6) is 0 Å². The Morgan fingerprint density at radius 1 is 0.957 bits per heavy atom. The molecule has 1 saturated heterocycles. The van der Waals surface area contributed by atoms with Crippen LogP contribution in [0.4, 0.5) is 10.1 Å². The molecule has 0 spiro atoms. The summed E-state index contributed by atoms with van der Waals surface area (Å²) in [4.78, 5) is 35.0. The van der Waals surface area contributed by atoms with Crippen LogP contribution in [0.3, 0.4) is 0 Å². The summed E-state index contributed by atoms with van der Waals surface area (Å²) in [6.45, 7) is 20.1. The van der Waals surface area contributed by atoms with E-state index in [2.05, 4.69) is 18.7 Å². The number of benzene rings is 2. The average molecular weight is 632 g/mol. The minimum absolute atomic E-state index is 0.0190. The fraction of sp³-hybridized carbons (Fsp3) is 0.500. The summed E-state index contributed by atoms with van der Waals surface area (Å²) in [5.74, 6) is -1.52. The third kappa shape index (κ3) is 8.52. The largest absolute Gasteiger partial charge is 0.479 e. The summed E-state index contributed by atoms with van der Waals surface area (Å²) in [6.07, 6.45) is 0.784. The Morgan fingerprint density at radius 2 is 1.48 bits per heavy atom. The van der Waals surface area contributed by atoms with Crippen LogP contribution in [0, 0.1) is 31.0 Å². The number of aryl methyl sites for hydroxylation is 2. The summed E-state index contributed by atoms with van der Waals surface area (Å²) in [5, 5.41) is 10.5. The van der Waals surface area contributed by atoms with E-state index in [1.807, 2.05) is 72.7 Å². The van der Waals surface area contributed by atoms with Gasteiger partial charge in [-0.15, -0.1) is 0 Å². The van der Waals surface area contributed by atoms with Crippen molar-refractivity contribution in [3.63, 3.8) is 0 Å². The van der Waals surface area contributed by atoms with Crippen molar-refractivity contribution in [3.8, 4) is 11.1 Å². The minimum Gasteiger partial charge on any atom is -0.479 e. The summed E-state index contributed by atoms with van der Waals surface area (Å²) >= 11 is 0. The van der Waals surface area contributed by atoms with Crippen LogP contribution in [-0.4, -0.2) is 45.6 Å². The van der Waals surface area contributed by atoms with Crippen LogP contribution in [0.15, 0.2) is 48.5 Å². The van der Waals surface area contributed by atoms with Gasteiger partial charge in [0.15, 0.2) is 6.10 Å². The number of pyridine rings is 1. The number of halogens is 1. The lowest BCUT2D eigenvalue weighted by Crippen LogP contribution is -2.39. The first-order chi connectivity index (χ1) is 21.5. The highest BCUT2D eigenvalue weighted by molar-refractivity contribution is 5.88. The molecular formula is C38H50FN3O4. The molecule has 1 amide bonds. The van der Waals surface area contributed by atoms with Gasteiger partial charge in [-0.1, -0.05) is 64.1 Å². The standard InChI is InChI=1S/C38H50FN3O4/c1-24(2)35(43)42(23-28-12-16-30(39)17-13-28)22-27-10-14-29(15-11-27)31-25(3)40-26(4)32(34(36(44)45)46-37(5,6)7)33(31)41-20-18-38(8,9)19-21-41/h10-17,24,34H,18-23H2,1-9H3,(H,44,45). The van der Waals surface area contributed by atoms with Crippen molar-refractivity contribution in [1.29, 1.82) is 0 Å². The van der Waals surface area contributed by atoms with Crippen LogP contribution >= 0.6 is 0 Å². The van der Waals surface area contributed by atoms with Gasteiger partial charge in [0.2, 0.25) is 5.91 Å². The molecule has 1 fully saturated rings. The van der Waals surface area contributed by atoms with Crippen LogP contribution in [0.2, 0.25) is 0 Å². The first kappa shape index (κ1) is 35.1. The Balaban J connectivity index is 1.78. The third-order valence-electron chi connectivity index (χ3n) is 8.68. The number of aliphatic carboxylic acids is 1. The van der Waals surface area contributed by atoms with E-state index in [-0.39, 0.29) is 23.1 Å². The van der Waals surface area contributed by atoms with Crippen molar-refractivity contribution >= 4 is 17.6 Å². The summed E-state index contributed by atoms with van der Waals surface area (Å²) in [7, 11) is 0. The Bertz CT molecular complexity index is 1530. The van der Waals surface area contributed by atoms with Gasteiger partial charge in [0, 0.05) is 54.6 Å². The second-order valence-electron chi connectivity index (χ2n) is 14.7. The molecule has 2 heterocycles. The number of anilines is 1. The Labute approximate surface area is 273 Å². The molecule has 1 atom stereocenters. The quantitative estimate of drug-likeness (QED) is 0.243. The third-order valence-corrected chi connectivity index (χ3v) is 8.68. The van der Waals surface area contributed by atoms with Crippen molar-refractivity contribution in [2.75, 3.05) is 18.0 Å². The number of ether oxygens (including phenoxy) is 1. The predicted octanol–water partition coefficient (Wildman–Crippen LogP) is 8.26. The molecule has 2 aromatic carbocycles. The summed E-state index contributed by atoms with van der Waals surface area (Å²) in [5.41, 5.74) is 6.11. The van der Waals surface area contributed by atoms with Gasteiger partial charge in [0.05, 0.1) is 11.3 Å².